The van der Waals surface area contributed by atoms with E-state index in [2.05, 4.69) is 72.8 Å². The van der Waals surface area contributed by atoms with Crippen LogP contribution < -0.4 is 0 Å². The minimum atomic E-state index is 0. The predicted octanol–water partition coefficient (Wildman–Crippen LogP) is 6.24. The Kier molecular flexibility index (Phi) is 25.9. The van der Waals surface area contributed by atoms with Crippen molar-refractivity contribution in [2.75, 3.05) is 0 Å². The first-order valence-electron chi connectivity index (χ1n) is 7.59. The molecule has 0 amide bonds. The van der Waals surface area contributed by atoms with Crippen LogP contribution in [-0.4, -0.2) is 16.1 Å². The van der Waals surface area contributed by atoms with Crippen molar-refractivity contribution in [2.24, 2.45) is 0 Å². The van der Waals surface area contributed by atoms with Gasteiger partial charge in [-0.15, -0.1) is 31.2 Å². The summed E-state index contributed by atoms with van der Waals surface area (Å²) in [4.78, 5) is 0. The fourth-order valence-electron chi connectivity index (χ4n) is 1.99. The topological polar surface area (TPSA) is 20.2 Å². The van der Waals surface area contributed by atoms with E-state index in [1.165, 1.54) is 16.7 Å². The van der Waals surface area contributed by atoms with Gasteiger partial charge in [-0.3, -0.25) is 6.08 Å². The third kappa shape index (κ3) is 15.6. The number of aromatic hydroxyl groups is 1. The van der Waals surface area contributed by atoms with Crippen LogP contribution in [0.3, 0.4) is 0 Å². The van der Waals surface area contributed by atoms with Gasteiger partial charge in [0.05, 0.1) is 0 Å². The van der Waals surface area contributed by atoms with E-state index < -0.39 is 0 Å². The fourth-order valence-corrected chi connectivity index (χ4v) is 1.99. The van der Waals surface area contributed by atoms with Gasteiger partial charge >= 0.3 is 21.7 Å². The molecular weight excluding hydrogens is 427 g/mol. The molecule has 0 saturated heterocycles. The second-order valence-electron chi connectivity index (χ2n) is 7.73. The van der Waals surface area contributed by atoms with Crippen LogP contribution in [0.5, 0.6) is 5.75 Å². The van der Waals surface area contributed by atoms with Crippen molar-refractivity contribution >= 4 is 35.8 Å². The van der Waals surface area contributed by atoms with Crippen molar-refractivity contribution in [3.05, 3.63) is 68.0 Å². The Hall–Kier alpha value is 0.0112. The largest absolute Gasteiger partial charge is 3.00 e. The van der Waals surface area contributed by atoms with Gasteiger partial charge in [-0.2, -0.15) is 6.08 Å². The van der Waals surface area contributed by atoms with E-state index in [9.17, 15) is 5.11 Å². The van der Waals surface area contributed by atoms with E-state index in [0.29, 0.717) is 5.75 Å². The van der Waals surface area contributed by atoms with Gasteiger partial charge in [0.1, 0.15) is 5.75 Å². The number of halogens is 2. The van der Waals surface area contributed by atoms with Crippen molar-refractivity contribution in [1.82, 2.24) is 0 Å². The Bertz CT molecular complexity index is 521. The van der Waals surface area contributed by atoms with Crippen LogP contribution in [0.25, 0.3) is 0 Å². The Balaban J connectivity index is -0.0000000806. The molecule has 5 heteroatoms. The van der Waals surface area contributed by atoms with E-state index in [0.717, 1.165) is 6.42 Å². The molecule has 0 aromatic heterocycles. The molecule has 156 valence electrons. The van der Waals surface area contributed by atoms with Gasteiger partial charge in [0.15, 0.2) is 0 Å². The molecule has 2 radical (unpaired) electrons. The van der Waals surface area contributed by atoms with Crippen LogP contribution in [0.1, 0.15) is 66.0 Å². The molecule has 1 N–H and O–H groups in total. The summed E-state index contributed by atoms with van der Waals surface area (Å²) >= 11 is 0. The molecule has 0 spiro atoms. The van der Waals surface area contributed by atoms with Crippen LogP contribution in [0.15, 0.2) is 35.9 Å². The third-order valence-electron chi connectivity index (χ3n) is 3.52. The normalized spacial score (nSPS) is 11.3. The Morgan fingerprint density at radius 1 is 0.852 bits per heavy atom. The number of phenolic OH excluding ortho intramolecular Hbond substituents is 1. The molecule has 1 aliphatic rings. The summed E-state index contributed by atoms with van der Waals surface area (Å²) in [6.07, 6.45) is 8.33. The summed E-state index contributed by atoms with van der Waals surface area (Å²) in [5.41, 5.74) is 3.81. The smallest absolute Gasteiger partial charge is 0.508 e. The van der Waals surface area contributed by atoms with Crippen molar-refractivity contribution < 1.29 is 26.8 Å². The molecule has 1 aromatic rings. The number of hydrogen-bond acceptors (Lipinski definition) is 1. The predicted molar refractivity (Wildman–Crippen MR) is 129 cm³/mol. The zero-order valence-electron chi connectivity index (χ0n) is 18.9. The number of benzene rings is 1. The molecule has 1 aromatic carbocycles. The van der Waals surface area contributed by atoms with Crippen LogP contribution >= 0.6 is 24.8 Å². The maximum absolute atomic E-state index is 9.72. The first-order valence-corrected chi connectivity index (χ1v) is 7.59. The molecule has 0 heterocycles. The summed E-state index contributed by atoms with van der Waals surface area (Å²) in [5, 5.41) is 9.72. The average molecular weight is 467 g/mol. The van der Waals surface area contributed by atoms with Gasteiger partial charge in [0, 0.05) is 0 Å². The summed E-state index contributed by atoms with van der Waals surface area (Å²) in [7, 11) is 0. The average Bonchev–Trinajstić information content (AvgIpc) is 2.78. The molecule has 0 saturated carbocycles. The maximum atomic E-state index is 9.72. The second kappa shape index (κ2) is 16.9. The number of phenols is 1. The quantitative estimate of drug-likeness (QED) is 0.354. The molecule has 0 aliphatic heterocycles. The molecule has 0 atom stereocenters. The Morgan fingerprint density at radius 2 is 1.22 bits per heavy atom. The first kappa shape index (κ1) is 41.4. The molecular formula is C22H40Cl2OSiTi. The van der Waals surface area contributed by atoms with Crippen molar-refractivity contribution in [1.29, 1.82) is 0 Å². The zero-order chi connectivity index (χ0) is 16.3. The number of hydrogen-bond donors (Lipinski definition) is 1. The molecule has 1 aliphatic carbocycles. The van der Waals surface area contributed by atoms with Gasteiger partial charge < -0.3 is 20.0 Å². The number of rotatable bonds is 0. The van der Waals surface area contributed by atoms with Gasteiger partial charge in [-0.25, -0.2) is 11.6 Å². The second-order valence-corrected chi connectivity index (χ2v) is 7.73. The SMILES string of the molecule is CC(C)(C)c1cc(O)cc(C(C)(C)C)c1.CC1=[C-]CC=C1.Cl.Cl.[CH3-].[CH3-].[SiH3].[Ti+3]. The van der Waals surface area contributed by atoms with Gasteiger partial charge in [0.25, 0.3) is 0 Å². The molecule has 27 heavy (non-hydrogen) atoms. The summed E-state index contributed by atoms with van der Waals surface area (Å²) < 4.78 is 0. The minimum absolute atomic E-state index is 0. The summed E-state index contributed by atoms with van der Waals surface area (Å²) in [6.45, 7) is 15.0. The van der Waals surface area contributed by atoms with Crippen molar-refractivity contribution in [2.45, 2.75) is 65.7 Å². The monoisotopic (exact) mass is 466 g/mol. The maximum Gasteiger partial charge on any atom is 3.00 e. The van der Waals surface area contributed by atoms with Crippen molar-refractivity contribution in [3.8, 4) is 5.75 Å². The van der Waals surface area contributed by atoms with E-state index in [-0.39, 0.29) is 83.2 Å². The molecule has 0 fully saturated rings. The van der Waals surface area contributed by atoms with Crippen LogP contribution in [0.4, 0.5) is 0 Å². The standard InChI is InChI=1S/C14H22O.C6H7.2CH3.2ClH.H3Si.Ti/c1-13(2,3)10-7-11(14(4,5)6)9-12(15)8-10;1-6-4-2-3-5-6;;;;;;/h7-9,15H,1-6H3;2,4H,3H2,1H3;2*1H3;2*1H;1H3;/q;3*-1;;;;+3. The first-order chi connectivity index (χ1) is 9.50. The third-order valence-corrected chi connectivity index (χ3v) is 3.52. The van der Waals surface area contributed by atoms with Crippen LogP contribution in [0.2, 0.25) is 0 Å². The van der Waals surface area contributed by atoms with Crippen molar-refractivity contribution in [3.63, 3.8) is 0 Å². The van der Waals surface area contributed by atoms with Gasteiger partial charge in [-0.05, 0) is 45.1 Å². The van der Waals surface area contributed by atoms with Crippen LogP contribution in [-0.2, 0) is 32.5 Å². The Labute approximate surface area is 201 Å². The van der Waals surface area contributed by atoms with E-state index in [1.807, 2.05) is 12.1 Å². The molecule has 0 unspecified atom stereocenters. The van der Waals surface area contributed by atoms with E-state index >= 15 is 0 Å². The van der Waals surface area contributed by atoms with E-state index in [1.54, 1.807) is 0 Å². The molecule has 0 bridgehead atoms. The van der Waals surface area contributed by atoms with Gasteiger partial charge in [0.2, 0.25) is 0 Å². The summed E-state index contributed by atoms with van der Waals surface area (Å²) in [5.74, 6) is 0.368. The fraction of sp³-hybridized carbons (Fsp3) is 0.455. The summed E-state index contributed by atoms with van der Waals surface area (Å²) in [6, 6.07) is 5.91. The Morgan fingerprint density at radius 3 is 1.41 bits per heavy atom. The van der Waals surface area contributed by atoms with E-state index in [4.69, 9.17) is 0 Å². The van der Waals surface area contributed by atoms with Crippen LogP contribution in [0, 0.1) is 20.9 Å². The molecule has 1 nitrogen and oxygen atoms in total. The number of allylic oxidation sites excluding steroid dienone is 4. The molecule has 2 rings (SSSR count). The zero-order valence-corrected chi connectivity index (χ0v) is 24.1. The minimum Gasteiger partial charge on any atom is -0.508 e. The van der Waals surface area contributed by atoms with Gasteiger partial charge in [-0.1, -0.05) is 54.5 Å².